The molecule has 0 saturated carbocycles. The van der Waals surface area contributed by atoms with E-state index in [9.17, 15) is 4.79 Å². The third kappa shape index (κ3) is 3.70. The summed E-state index contributed by atoms with van der Waals surface area (Å²) in [5, 5.41) is 6.24. The Kier molecular flexibility index (Phi) is 4.90. The van der Waals surface area contributed by atoms with Gasteiger partial charge in [0.05, 0.1) is 6.42 Å². The van der Waals surface area contributed by atoms with Crippen molar-refractivity contribution in [1.82, 2.24) is 4.90 Å². The molecule has 2 aliphatic rings. The Morgan fingerprint density at radius 1 is 0.966 bits per heavy atom. The van der Waals surface area contributed by atoms with Crippen molar-refractivity contribution in [2.75, 3.05) is 42.9 Å². The van der Waals surface area contributed by atoms with E-state index in [1.54, 1.807) is 0 Å². The molecule has 0 spiro atoms. The molecule has 0 aliphatic carbocycles. The Hall–Kier alpha value is -2.56. The van der Waals surface area contributed by atoms with E-state index >= 15 is 0 Å². The van der Waals surface area contributed by atoms with Gasteiger partial charge in [-0.25, -0.2) is 0 Å². The molecule has 0 unspecified atom stereocenters. The lowest BCUT2D eigenvalue weighted by Gasteiger charge is -2.36. The number of nitrogens with zero attached hydrogens (tertiary/aromatic N) is 2. The first-order valence-electron chi connectivity index (χ1n) is 10.2. The number of rotatable bonds is 4. The standard InChI is InChI=1S/C24H24ClN3O/c25-21-16-22-19(15-24(29)26-22)14-18(21)8-9-27-10-12-28(13-11-27)23-7-3-5-17-4-1-2-6-20(17)23/h1-7,14,16H,8-13,15H2,(H,26,29). The third-order valence-corrected chi connectivity index (χ3v) is 6.43. The van der Waals surface area contributed by atoms with Gasteiger partial charge in [0.2, 0.25) is 5.91 Å². The minimum Gasteiger partial charge on any atom is -0.368 e. The molecule has 3 aromatic rings. The van der Waals surface area contributed by atoms with Crippen molar-refractivity contribution in [2.45, 2.75) is 12.8 Å². The molecule has 0 radical (unpaired) electrons. The lowest BCUT2D eigenvalue weighted by atomic mass is 10.0. The highest BCUT2D eigenvalue weighted by Crippen LogP contribution is 2.31. The molecule has 3 aromatic carbocycles. The van der Waals surface area contributed by atoms with Crippen LogP contribution in [0.2, 0.25) is 5.02 Å². The second-order valence-electron chi connectivity index (χ2n) is 7.90. The molecule has 5 heteroatoms. The summed E-state index contributed by atoms with van der Waals surface area (Å²) in [7, 11) is 0. The van der Waals surface area contributed by atoms with Crippen LogP contribution in [0.5, 0.6) is 0 Å². The zero-order chi connectivity index (χ0) is 19.8. The fourth-order valence-corrected chi connectivity index (χ4v) is 4.72. The van der Waals surface area contributed by atoms with Crippen LogP contribution in [-0.4, -0.2) is 43.5 Å². The van der Waals surface area contributed by atoms with Gasteiger partial charge in [-0.2, -0.15) is 0 Å². The second-order valence-corrected chi connectivity index (χ2v) is 8.31. The van der Waals surface area contributed by atoms with E-state index in [0.717, 1.165) is 61.0 Å². The van der Waals surface area contributed by atoms with E-state index in [0.29, 0.717) is 6.42 Å². The Labute approximate surface area is 176 Å². The fraction of sp³-hybridized carbons (Fsp3) is 0.292. The van der Waals surface area contributed by atoms with Crippen LogP contribution < -0.4 is 10.2 Å². The Bertz CT molecular complexity index is 1070. The van der Waals surface area contributed by atoms with Crippen molar-refractivity contribution in [3.05, 3.63) is 70.7 Å². The van der Waals surface area contributed by atoms with E-state index in [-0.39, 0.29) is 5.91 Å². The molecule has 1 saturated heterocycles. The maximum absolute atomic E-state index is 11.6. The SMILES string of the molecule is O=C1Cc2cc(CCN3CCN(c4cccc5ccccc45)CC3)c(Cl)cc2N1. The van der Waals surface area contributed by atoms with Crippen LogP contribution in [0.4, 0.5) is 11.4 Å². The van der Waals surface area contributed by atoms with Gasteiger partial charge in [0, 0.05) is 54.5 Å². The number of halogens is 1. The van der Waals surface area contributed by atoms with E-state index < -0.39 is 0 Å². The molecule has 148 valence electrons. The number of amides is 1. The average Bonchev–Trinajstić information content (AvgIpc) is 3.10. The topological polar surface area (TPSA) is 35.6 Å². The number of anilines is 2. The van der Waals surface area contributed by atoms with E-state index in [1.807, 2.05) is 6.07 Å². The van der Waals surface area contributed by atoms with Crippen LogP contribution in [0.15, 0.2) is 54.6 Å². The Morgan fingerprint density at radius 2 is 1.76 bits per heavy atom. The quantitative estimate of drug-likeness (QED) is 0.700. The molecule has 1 N–H and O–H groups in total. The van der Waals surface area contributed by atoms with Crippen molar-refractivity contribution in [3.8, 4) is 0 Å². The molecule has 5 rings (SSSR count). The largest absolute Gasteiger partial charge is 0.368 e. The van der Waals surface area contributed by atoms with Gasteiger partial charge in [-0.1, -0.05) is 54.1 Å². The van der Waals surface area contributed by atoms with Gasteiger partial charge in [0.1, 0.15) is 0 Å². The highest BCUT2D eigenvalue weighted by atomic mass is 35.5. The predicted molar refractivity (Wildman–Crippen MR) is 120 cm³/mol. The monoisotopic (exact) mass is 405 g/mol. The van der Waals surface area contributed by atoms with Crippen molar-refractivity contribution >= 4 is 39.7 Å². The van der Waals surface area contributed by atoms with Crippen LogP contribution in [0, 0.1) is 0 Å². The molecule has 0 aromatic heterocycles. The third-order valence-electron chi connectivity index (χ3n) is 6.07. The van der Waals surface area contributed by atoms with E-state index in [4.69, 9.17) is 11.6 Å². The number of piperazine rings is 1. The first-order valence-corrected chi connectivity index (χ1v) is 10.6. The van der Waals surface area contributed by atoms with Crippen molar-refractivity contribution in [1.29, 1.82) is 0 Å². The van der Waals surface area contributed by atoms with Crippen LogP contribution in [0.25, 0.3) is 10.8 Å². The highest BCUT2D eigenvalue weighted by Gasteiger charge is 2.21. The highest BCUT2D eigenvalue weighted by molar-refractivity contribution is 6.32. The van der Waals surface area contributed by atoms with Gasteiger partial charge < -0.3 is 10.2 Å². The normalized spacial score (nSPS) is 16.9. The van der Waals surface area contributed by atoms with Crippen LogP contribution in [0.1, 0.15) is 11.1 Å². The Balaban J connectivity index is 1.22. The second kappa shape index (κ2) is 7.69. The maximum Gasteiger partial charge on any atom is 0.228 e. The maximum atomic E-state index is 11.6. The lowest BCUT2D eigenvalue weighted by molar-refractivity contribution is -0.115. The summed E-state index contributed by atoms with van der Waals surface area (Å²) >= 11 is 6.45. The number of carbonyl (C=O) groups is 1. The molecule has 29 heavy (non-hydrogen) atoms. The van der Waals surface area contributed by atoms with Crippen molar-refractivity contribution in [3.63, 3.8) is 0 Å². The zero-order valence-electron chi connectivity index (χ0n) is 16.3. The molecule has 4 nitrogen and oxygen atoms in total. The summed E-state index contributed by atoms with van der Waals surface area (Å²) < 4.78 is 0. The van der Waals surface area contributed by atoms with Crippen molar-refractivity contribution in [2.24, 2.45) is 0 Å². The van der Waals surface area contributed by atoms with Gasteiger partial charge in [-0.3, -0.25) is 9.69 Å². The summed E-state index contributed by atoms with van der Waals surface area (Å²) in [6, 6.07) is 19.2. The summed E-state index contributed by atoms with van der Waals surface area (Å²) in [5.74, 6) is 0.0535. The molecule has 0 bridgehead atoms. The number of hydrogen-bond acceptors (Lipinski definition) is 3. The fourth-order valence-electron chi connectivity index (χ4n) is 4.47. The average molecular weight is 406 g/mol. The first kappa shape index (κ1) is 18.5. The number of hydrogen-bond donors (Lipinski definition) is 1. The van der Waals surface area contributed by atoms with Gasteiger partial charge in [-0.15, -0.1) is 0 Å². The smallest absolute Gasteiger partial charge is 0.228 e. The molecule has 2 heterocycles. The molecule has 2 aliphatic heterocycles. The molecule has 1 amide bonds. The Morgan fingerprint density at radius 3 is 2.62 bits per heavy atom. The van der Waals surface area contributed by atoms with Crippen molar-refractivity contribution < 1.29 is 4.79 Å². The van der Waals surface area contributed by atoms with Gasteiger partial charge in [-0.05, 0) is 35.1 Å². The van der Waals surface area contributed by atoms with Crippen LogP contribution in [-0.2, 0) is 17.6 Å². The summed E-state index contributed by atoms with van der Waals surface area (Å²) in [4.78, 5) is 16.6. The number of nitrogens with one attached hydrogen (secondary N) is 1. The van der Waals surface area contributed by atoms with Gasteiger partial charge >= 0.3 is 0 Å². The summed E-state index contributed by atoms with van der Waals surface area (Å²) in [6.45, 7) is 5.15. The molecular weight excluding hydrogens is 382 g/mol. The number of fused-ring (bicyclic) bond motifs is 2. The predicted octanol–water partition coefficient (Wildman–Crippen LogP) is 4.35. The molecule has 1 fully saturated rings. The number of benzene rings is 3. The van der Waals surface area contributed by atoms with Crippen LogP contribution in [0.3, 0.4) is 0 Å². The van der Waals surface area contributed by atoms with Gasteiger partial charge in [0.15, 0.2) is 0 Å². The minimum atomic E-state index is 0.0535. The van der Waals surface area contributed by atoms with E-state index in [1.165, 1.54) is 16.5 Å². The number of carbonyl (C=O) groups excluding carboxylic acids is 1. The molecule has 0 atom stereocenters. The molecular formula is C24H24ClN3O. The summed E-state index contributed by atoms with van der Waals surface area (Å²) in [6.07, 6.45) is 1.37. The minimum absolute atomic E-state index is 0.0535. The summed E-state index contributed by atoms with van der Waals surface area (Å²) in [5.41, 5.74) is 4.41. The van der Waals surface area contributed by atoms with E-state index in [2.05, 4.69) is 63.6 Å². The first-order chi connectivity index (χ1) is 14.2. The van der Waals surface area contributed by atoms with Gasteiger partial charge in [0.25, 0.3) is 0 Å². The zero-order valence-corrected chi connectivity index (χ0v) is 17.1. The lowest BCUT2D eigenvalue weighted by Crippen LogP contribution is -2.47. The van der Waals surface area contributed by atoms with Crippen LogP contribution >= 0.6 is 11.6 Å².